The molecule has 0 atom stereocenters. The normalized spacial score (nSPS) is 12.2. The molecule has 0 aliphatic carbocycles. The monoisotopic (exact) mass is 353 g/mol. The Morgan fingerprint density at radius 1 is 1.16 bits per heavy atom. The van der Waals surface area contributed by atoms with Gasteiger partial charge in [-0.3, -0.25) is 9.67 Å². The first kappa shape index (κ1) is 18.8. The average Bonchev–Trinajstić information content (AvgIpc) is 3.10. The minimum absolute atomic E-state index is 0.587. The van der Waals surface area contributed by atoms with E-state index in [9.17, 15) is 13.2 Å². The lowest BCUT2D eigenvalue weighted by molar-refractivity contribution is -0.137. The smallest absolute Gasteiger partial charge is 0.356 e. The van der Waals surface area contributed by atoms with E-state index in [-0.39, 0.29) is 0 Å². The van der Waals surface area contributed by atoms with E-state index in [1.807, 2.05) is 16.9 Å². The van der Waals surface area contributed by atoms with Crippen LogP contribution in [0.3, 0.4) is 0 Å². The van der Waals surface area contributed by atoms with Gasteiger partial charge in [0.25, 0.3) is 0 Å². The second kappa shape index (κ2) is 9.10. The first-order chi connectivity index (χ1) is 12.0. The van der Waals surface area contributed by atoms with E-state index in [1.54, 1.807) is 13.2 Å². The van der Waals surface area contributed by atoms with E-state index < -0.39 is 11.7 Å². The van der Waals surface area contributed by atoms with Crippen LogP contribution >= 0.6 is 0 Å². The minimum atomic E-state index is -4.29. The summed E-state index contributed by atoms with van der Waals surface area (Å²) in [5.74, 6) is 0.673. The van der Waals surface area contributed by atoms with Gasteiger partial charge in [0.1, 0.15) is 0 Å². The molecule has 8 heteroatoms. The first-order valence-electron chi connectivity index (χ1n) is 8.07. The Morgan fingerprint density at radius 2 is 1.88 bits per heavy atom. The van der Waals surface area contributed by atoms with Crippen molar-refractivity contribution in [2.24, 2.45) is 4.99 Å². The fourth-order valence-electron chi connectivity index (χ4n) is 2.29. The van der Waals surface area contributed by atoms with Crippen molar-refractivity contribution < 1.29 is 13.2 Å². The van der Waals surface area contributed by atoms with E-state index in [1.165, 1.54) is 12.1 Å². The number of hydrogen-bond acceptors (Lipinski definition) is 2. The van der Waals surface area contributed by atoms with Gasteiger partial charge in [-0.25, -0.2) is 0 Å². The number of hydrogen-bond donors (Lipinski definition) is 2. The summed E-state index contributed by atoms with van der Waals surface area (Å²) in [6.45, 7) is 2.16. The fourth-order valence-corrected chi connectivity index (χ4v) is 2.29. The van der Waals surface area contributed by atoms with Crippen molar-refractivity contribution in [2.75, 3.05) is 20.1 Å². The molecule has 1 aromatic heterocycles. The van der Waals surface area contributed by atoms with E-state index in [0.29, 0.717) is 18.9 Å². The van der Waals surface area contributed by atoms with Gasteiger partial charge in [0, 0.05) is 39.1 Å². The van der Waals surface area contributed by atoms with Gasteiger partial charge in [0.2, 0.25) is 0 Å². The number of benzene rings is 1. The summed E-state index contributed by atoms with van der Waals surface area (Å²) in [5, 5.41) is 10.5. The molecule has 0 aliphatic rings. The second-order valence-electron chi connectivity index (χ2n) is 5.49. The third kappa shape index (κ3) is 6.48. The summed E-state index contributed by atoms with van der Waals surface area (Å²) in [4.78, 5) is 4.12. The van der Waals surface area contributed by atoms with Gasteiger partial charge in [-0.2, -0.15) is 18.3 Å². The number of rotatable bonds is 7. The highest BCUT2D eigenvalue weighted by atomic mass is 19.4. The molecule has 25 heavy (non-hydrogen) atoms. The molecule has 0 aliphatic heterocycles. The molecule has 0 unspecified atom stereocenters. The highest BCUT2D eigenvalue weighted by Crippen LogP contribution is 2.29. The maximum atomic E-state index is 12.5. The number of halogens is 3. The van der Waals surface area contributed by atoms with E-state index in [0.717, 1.165) is 37.2 Å². The average molecular weight is 353 g/mol. The van der Waals surface area contributed by atoms with Crippen LogP contribution in [0, 0.1) is 0 Å². The third-order valence-corrected chi connectivity index (χ3v) is 3.63. The molecule has 2 rings (SSSR count). The Balaban J connectivity index is 1.66. The molecule has 0 radical (unpaired) electrons. The van der Waals surface area contributed by atoms with Crippen LogP contribution in [0.5, 0.6) is 0 Å². The SMILES string of the molecule is CN=C(NCCCn1cccn1)NCCc1ccc(C(F)(F)F)cc1. The lowest BCUT2D eigenvalue weighted by Crippen LogP contribution is -2.39. The van der Waals surface area contributed by atoms with Crippen molar-refractivity contribution in [1.29, 1.82) is 0 Å². The van der Waals surface area contributed by atoms with Gasteiger partial charge < -0.3 is 10.6 Å². The lowest BCUT2D eigenvalue weighted by atomic mass is 10.1. The zero-order valence-corrected chi connectivity index (χ0v) is 14.1. The Kier molecular flexibility index (Phi) is 6.85. The quantitative estimate of drug-likeness (QED) is 0.457. The number of aromatic nitrogens is 2. The Bertz CT molecular complexity index is 648. The van der Waals surface area contributed by atoms with Crippen molar-refractivity contribution in [3.8, 4) is 0 Å². The standard InChI is InChI=1S/C17H22F3N5/c1-21-16(22-9-2-12-25-13-3-10-24-25)23-11-8-14-4-6-15(7-5-14)17(18,19)20/h3-7,10,13H,2,8-9,11-12H2,1H3,(H2,21,22,23). The summed E-state index contributed by atoms with van der Waals surface area (Å²) in [7, 11) is 1.68. The van der Waals surface area contributed by atoms with Crippen LogP contribution in [0.15, 0.2) is 47.7 Å². The van der Waals surface area contributed by atoms with Crippen molar-refractivity contribution in [2.45, 2.75) is 25.6 Å². The van der Waals surface area contributed by atoms with Gasteiger partial charge in [-0.15, -0.1) is 0 Å². The Hall–Kier alpha value is -2.51. The lowest BCUT2D eigenvalue weighted by Gasteiger charge is -2.12. The summed E-state index contributed by atoms with van der Waals surface area (Å²) in [6.07, 6.45) is 0.888. The number of nitrogens with zero attached hydrogens (tertiary/aromatic N) is 3. The molecule has 2 aromatic rings. The Morgan fingerprint density at radius 3 is 2.48 bits per heavy atom. The van der Waals surface area contributed by atoms with Crippen molar-refractivity contribution >= 4 is 5.96 Å². The summed E-state index contributed by atoms with van der Waals surface area (Å²) in [5.41, 5.74) is 0.216. The predicted molar refractivity (Wildman–Crippen MR) is 91.4 cm³/mol. The molecular weight excluding hydrogens is 331 g/mol. The summed E-state index contributed by atoms with van der Waals surface area (Å²) >= 11 is 0. The fraction of sp³-hybridized carbons (Fsp3) is 0.412. The van der Waals surface area contributed by atoms with Gasteiger partial charge in [0.15, 0.2) is 5.96 Å². The number of nitrogens with one attached hydrogen (secondary N) is 2. The van der Waals surface area contributed by atoms with Crippen LogP contribution in [-0.4, -0.2) is 35.9 Å². The minimum Gasteiger partial charge on any atom is -0.356 e. The van der Waals surface area contributed by atoms with E-state index in [4.69, 9.17) is 0 Å². The number of guanidine groups is 1. The summed E-state index contributed by atoms with van der Waals surface area (Å²) in [6, 6.07) is 7.11. The first-order valence-corrected chi connectivity index (χ1v) is 8.07. The van der Waals surface area contributed by atoms with Gasteiger partial charge >= 0.3 is 6.18 Å². The molecule has 5 nitrogen and oxygen atoms in total. The topological polar surface area (TPSA) is 54.2 Å². The molecule has 2 N–H and O–H groups in total. The molecule has 0 amide bonds. The molecule has 0 saturated heterocycles. The van der Waals surface area contributed by atoms with Crippen LogP contribution in [0.25, 0.3) is 0 Å². The molecule has 0 bridgehead atoms. The molecule has 1 aromatic carbocycles. The van der Waals surface area contributed by atoms with Crippen molar-refractivity contribution in [1.82, 2.24) is 20.4 Å². The largest absolute Gasteiger partial charge is 0.416 e. The van der Waals surface area contributed by atoms with Crippen LogP contribution in [-0.2, 0) is 19.1 Å². The zero-order chi connectivity index (χ0) is 18.1. The predicted octanol–water partition coefficient (Wildman–Crippen LogP) is 2.70. The van der Waals surface area contributed by atoms with Gasteiger partial charge in [0.05, 0.1) is 5.56 Å². The highest BCUT2D eigenvalue weighted by Gasteiger charge is 2.29. The zero-order valence-electron chi connectivity index (χ0n) is 14.1. The van der Waals surface area contributed by atoms with Crippen LogP contribution in [0.1, 0.15) is 17.5 Å². The maximum Gasteiger partial charge on any atom is 0.416 e. The molecular formula is C17H22F3N5. The molecule has 136 valence electrons. The van der Waals surface area contributed by atoms with Gasteiger partial charge in [-0.05, 0) is 36.6 Å². The third-order valence-electron chi connectivity index (χ3n) is 3.63. The molecule has 0 fully saturated rings. The Labute approximate surface area is 145 Å². The number of aliphatic imine (C=N–C) groups is 1. The second-order valence-corrected chi connectivity index (χ2v) is 5.49. The van der Waals surface area contributed by atoms with Crippen LogP contribution in [0.2, 0.25) is 0 Å². The van der Waals surface area contributed by atoms with Crippen LogP contribution < -0.4 is 10.6 Å². The van der Waals surface area contributed by atoms with Crippen molar-refractivity contribution in [3.05, 3.63) is 53.9 Å². The molecule has 0 spiro atoms. The van der Waals surface area contributed by atoms with Gasteiger partial charge in [-0.1, -0.05) is 12.1 Å². The van der Waals surface area contributed by atoms with Crippen molar-refractivity contribution in [3.63, 3.8) is 0 Å². The number of aryl methyl sites for hydroxylation is 1. The number of alkyl halides is 3. The summed E-state index contributed by atoms with van der Waals surface area (Å²) < 4.78 is 39.4. The van der Waals surface area contributed by atoms with E-state index >= 15 is 0 Å². The highest BCUT2D eigenvalue weighted by molar-refractivity contribution is 5.79. The van der Waals surface area contributed by atoms with E-state index in [2.05, 4.69) is 20.7 Å². The molecule has 1 heterocycles. The maximum absolute atomic E-state index is 12.5. The molecule has 0 saturated carbocycles. The van der Waals surface area contributed by atoms with Crippen LogP contribution in [0.4, 0.5) is 13.2 Å².